The first-order chi connectivity index (χ1) is 15.7. The van der Waals surface area contributed by atoms with Crippen LogP contribution in [0.1, 0.15) is 37.3 Å². The van der Waals surface area contributed by atoms with Gasteiger partial charge in [0, 0.05) is 33.4 Å². The third-order valence-corrected chi connectivity index (χ3v) is 5.50. The molecule has 3 rings (SSSR count). The van der Waals surface area contributed by atoms with E-state index in [1.54, 1.807) is 49.4 Å². The highest BCUT2D eigenvalue weighted by Gasteiger charge is 2.19. The number of phenolic OH excluding ortho intramolecular Hbond substituents is 2. The highest BCUT2D eigenvalue weighted by Crippen LogP contribution is 2.37. The topological polar surface area (TPSA) is 121 Å². The molecule has 0 atom stereocenters. The molecule has 9 heteroatoms. The van der Waals surface area contributed by atoms with Crippen molar-refractivity contribution >= 4 is 5.91 Å². The van der Waals surface area contributed by atoms with Crippen LogP contribution < -0.4 is 5.69 Å². The fourth-order valence-electron chi connectivity index (χ4n) is 3.60. The van der Waals surface area contributed by atoms with E-state index in [4.69, 9.17) is 4.74 Å². The zero-order valence-electron chi connectivity index (χ0n) is 19.3. The van der Waals surface area contributed by atoms with Crippen LogP contribution in [0.15, 0.2) is 41.2 Å². The molecule has 1 aromatic heterocycles. The lowest BCUT2D eigenvalue weighted by Crippen LogP contribution is -2.29. The summed E-state index contributed by atoms with van der Waals surface area (Å²) in [6.45, 7) is 5.06. The van der Waals surface area contributed by atoms with Crippen LogP contribution in [-0.2, 0) is 16.0 Å². The first kappa shape index (κ1) is 24.1. The minimum Gasteiger partial charge on any atom is -0.508 e. The molecular weight excluding hydrogens is 424 g/mol. The summed E-state index contributed by atoms with van der Waals surface area (Å²) in [5, 5.41) is 27.1. The molecule has 1 heterocycles. The van der Waals surface area contributed by atoms with Crippen molar-refractivity contribution in [1.29, 1.82) is 0 Å². The van der Waals surface area contributed by atoms with Crippen LogP contribution in [0.5, 0.6) is 11.5 Å². The number of benzene rings is 2. The van der Waals surface area contributed by atoms with Crippen LogP contribution in [0.2, 0.25) is 0 Å². The number of ether oxygens (including phenoxy) is 1. The first-order valence-corrected chi connectivity index (χ1v) is 10.8. The van der Waals surface area contributed by atoms with E-state index in [-0.39, 0.29) is 35.6 Å². The Bertz CT molecular complexity index is 1160. The van der Waals surface area contributed by atoms with Gasteiger partial charge in [-0.2, -0.15) is 5.10 Å². The zero-order chi connectivity index (χ0) is 24.1. The van der Waals surface area contributed by atoms with Crippen molar-refractivity contribution in [3.8, 4) is 28.6 Å². The Labute approximate surface area is 192 Å². The van der Waals surface area contributed by atoms with E-state index >= 15 is 0 Å². The number of hydrogen-bond donors (Lipinski definition) is 3. The van der Waals surface area contributed by atoms with Gasteiger partial charge in [-0.3, -0.25) is 4.79 Å². The molecule has 33 heavy (non-hydrogen) atoms. The number of phenols is 2. The minimum atomic E-state index is -0.467. The normalized spacial score (nSPS) is 11.2. The molecule has 0 saturated carbocycles. The van der Waals surface area contributed by atoms with Gasteiger partial charge in [-0.15, -0.1) is 0 Å². The number of carbonyl (C=O) groups excluding carboxylic acids is 1. The standard InChI is InChI=1S/C24H30N4O5/c1-15(2)18-13-19(21(30)14-20(18)29)23-25-26-24(32)28(23)17-8-6-16(7-9-17)12-22(31)27(3)10-5-11-33-4/h6-9,13-15,29-30H,5,10-12H2,1-4H3,(H,26,32). The SMILES string of the molecule is COCCCN(C)C(=O)Cc1ccc(-n2c(-c3cc(C(C)C)c(O)cc3O)n[nH]c2=O)cc1. The number of likely N-dealkylation sites (N-methyl/N-ethyl adjacent to an activating group) is 1. The Hall–Kier alpha value is -3.59. The Morgan fingerprint density at radius 3 is 2.52 bits per heavy atom. The van der Waals surface area contributed by atoms with Crippen molar-refractivity contribution < 1.29 is 19.7 Å². The summed E-state index contributed by atoms with van der Waals surface area (Å²) in [6.07, 6.45) is 1.01. The Morgan fingerprint density at radius 2 is 1.88 bits per heavy atom. The van der Waals surface area contributed by atoms with E-state index in [1.165, 1.54) is 10.6 Å². The smallest absolute Gasteiger partial charge is 0.348 e. The third-order valence-electron chi connectivity index (χ3n) is 5.50. The van der Waals surface area contributed by atoms with Gasteiger partial charge in [0.1, 0.15) is 11.5 Å². The molecule has 0 saturated heterocycles. The average molecular weight is 455 g/mol. The van der Waals surface area contributed by atoms with Crippen molar-refractivity contribution in [1.82, 2.24) is 19.7 Å². The average Bonchev–Trinajstić information content (AvgIpc) is 3.15. The molecule has 176 valence electrons. The predicted molar refractivity (Wildman–Crippen MR) is 125 cm³/mol. The third kappa shape index (κ3) is 5.43. The van der Waals surface area contributed by atoms with Gasteiger partial charge in [-0.1, -0.05) is 26.0 Å². The fourth-order valence-corrected chi connectivity index (χ4v) is 3.60. The summed E-state index contributed by atoms with van der Waals surface area (Å²) in [5.74, 6) is 0.0250. The lowest BCUT2D eigenvalue weighted by atomic mass is 9.98. The van der Waals surface area contributed by atoms with Gasteiger partial charge in [0.05, 0.1) is 17.7 Å². The van der Waals surface area contributed by atoms with Crippen molar-refractivity contribution in [2.75, 3.05) is 27.3 Å². The van der Waals surface area contributed by atoms with E-state index < -0.39 is 5.69 Å². The van der Waals surface area contributed by atoms with E-state index in [0.29, 0.717) is 30.0 Å². The highest BCUT2D eigenvalue weighted by atomic mass is 16.5. The maximum atomic E-state index is 12.5. The fraction of sp³-hybridized carbons (Fsp3) is 0.375. The summed E-state index contributed by atoms with van der Waals surface area (Å²) in [4.78, 5) is 26.6. The van der Waals surface area contributed by atoms with Crippen LogP contribution in [0.25, 0.3) is 17.1 Å². The molecule has 3 N–H and O–H groups in total. The molecule has 3 aromatic rings. The van der Waals surface area contributed by atoms with Crippen LogP contribution in [-0.4, -0.2) is 63.1 Å². The lowest BCUT2D eigenvalue weighted by molar-refractivity contribution is -0.129. The number of carbonyl (C=O) groups is 1. The van der Waals surface area contributed by atoms with Gasteiger partial charge in [-0.25, -0.2) is 14.5 Å². The molecule has 0 unspecified atom stereocenters. The number of rotatable bonds is 9. The molecule has 0 aliphatic heterocycles. The van der Waals surface area contributed by atoms with Crippen LogP contribution >= 0.6 is 0 Å². The van der Waals surface area contributed by atoms with Gasteiger partial charge in [0.2, 0.25) is 5.91 Å². The van der Waals surface area contributed by atoms with Crippen molar-refractivity contribution in [2.45, 2.75) is 32.6 Å². The number of aromatic nitrogens is 3. The molecule has 9 nitrogen and oxygen atoms in total. The largest absolute Gasteiger partial charge is 0.508 e. The van der Waals surface area contributed by atoms with Crippen molar-refractivity contribution in [3.63, 3.8) is 0 Å². The van der Waals surface area contributed by atoms with Gasteiger partial charge in [0.25, 0.3) is 0 Å². The van der Waals surface area contributed by atoms with E-state index in [9.17, 15) is 19.8 Å². The number of methoxy groups -OCH3 is 1. The molecule has 2 aromatic carbocycles. The number of H-pyrrole nitrogens is 1. The van der Waals surface area contributed by atoms with E-state index in [2.05, 4.69) is 10.2 Å². The van der Waals surface area contributed by atoms with Crippen LogP contribution in [0.3, 0.4) is 0 Å². The molecule has 0 bridgehead atoms. The van der Waals surface area contributed by atoms with Crippen LogP contribution in [0, 0.1) is 0 Å². The van der Waals surface area contributed by atoms with Crippen molar-refractivity contribution in [3.05, 3.63) is 58.0 Å². The maximum absolute atomic E-state index is 12.5. The van der Waals surface area contributed by atoms with Gasteiger partial charge >= 0.3 is 5.69 Å². The molecule has 0 spiro atoms. The van der Waals surface area contributed by atoms with E-state index in [1.807, 2.05) is 13.8 Å². The van der Waals surface area contributed by atoms with Crippen molar-refractivity contribution in [2.24, 2.45) is 0 Å². The molecule has 1 amide bonds. The monoisotopic (exact) mass is 454 g/mol. The summed E-state index contributed by atoms with van der Waals surface area (Å²) in [6, 6.07) is 9.93. The molecule has 0 aliphatic carbocycles. The number of nitrogens with one attached hydrogen (secondary N) is 1. The number of nitrogens with zero attached hydrogens (tertiary/aromatic N) is 3. The Morgan fingerprint density at radius 1 is 1.18 bits per heavy atom. The summed E-state index contributed by atoms with van der Waals surface area (Å²) in [5.41, 5.74) is 1.84. The summed E-state index contributed by atoms with van der Waals surface area (Å²) in [7, 11) is 3.39. The number of amides is 1. The first-order valence-electron chi connectivity index (χ1n) is 10.8. The number of aromatic amines is 1. The molecule has 0 aliphatic rings. The zero-order valence-corrected chi connectivity index (χ0v) is 19.3. The van der Waals surface area contributed by atoms with Gasteiger partial charge < -0.3 is 19.8 Å². The maximum Gasteiger partial charge on any atom is 0.348 e. The predicted octanol–water partition coefficient (Wildman–Crippen LogP) is 2.80. The van der Waals surface area contributed by atoms with E-state index in [0.717, 1.165) is 12.0 Å². The molecule has 0 fully saturated rings. The van der Waals surface area contributed by atoms with Gasteiger partial charge in [-0.05, 0) is 41.7 Å². The molecule has 0 radical (unpaired) electrons. The van der Waals surface area contributed by atoms with Crippen LogP contribution in [0.4, 0.5) is 0 Å². The number of hydrogen-bond acceptors (Lipinski definition) is 6. The number of aromatic hydroxyl groups is 2. The minimum absolute atomic E-state index is 0.00440. The Balaban J connectivity index is 1.87. The summed E-state index contributed by atoms with van der Waals surface area (Å²) < 4.78 is 6.37. The Kier molecular flexibility index (Phi) is 7.55. The lowest BCUT2D eigenvalue weighted by Gasteiger charge is -2.17. The summed E-state index contributed by atoms with van der Waals surface area (Å²) >= 11 is 0. The highest BCUT2D eigenvalue weighted by molar-refractivity contribution is 5.78. The molecular formula is C24H30N4O5. The van der Waals surface area contributed by atoms with Gasteiger partial charge in [0.15, 0.2) is 5.82 Å². The second kappa shape index (κ2) is 10.4. The second-order valence-corrected chi connectivity index (χ2v) is 8.28. The quantitative estimate of drug-likeness (QED) is 0.428. The second-order valence-electron chi connectivity index (χ2n) is 8.28.